The van der Waals surface area contributed by atoms with Crippen LogP contribution in [0.4, 0.5) is 0 Å². The molecule has 0 aliphatic rings. The number of aromatic nitrogens is 5. The summed E-state index contributed by atoms with van der Waals surface area (Å²) in [4.78, 5) is 7.71. The topological polar surface area (TPSA) is 71.4 Å². The van der Waals surface area contributed by atoms with Gasteiger partial charge in [0.15, 0.2) is 5.16 Å². The molecule has 104 valence electrons. The van der Waals surface area contributed by atoms with Crippen LogP contribution in [0.3, 0.4) is 0 Å². The maximum Gasteiger partial charge on any atom is 0.191 e. The lowest BCUT2D eigenvalue weighted by molar-refractivity contribution is 0.682. The highest BCUT2D eigenvalue weighted by atomic mass is 32.2. The molecule has 0 unspecified atom stereocenters. The predicted octanol–water partition coefficient (Wildman–Crippen LogP) is 1.70. The predicted molar refractivity (Wildman–Crippen MR) is 79.4 cm³/mol. The largest absolute Gasteiger partial charge is 0.346 e. The van der Waals surface area contributed by atoms with E-state index in [4.69, 9.17) is 0 Å². The van der Waals surface area contributed by atoms with Crippen LogP contribution in [0.15, 0.2) is 29.6 Å². The fraction of sp³-hybridized carbons (Fsp3) is 0.308. The quantitative estimate of drug-likeness (QED) is 0.699. The number of H-pyrrole nitrogens is 1. The average Bonchev–Trinajstić information content (AvgIpc) is 3.05. The molecule has 3 heterocycles. The van der Waals surface area contributed by atoms with E-state index < -0.39 is 0 Å². The molecule has 0 radical (unpaired) electrons. The van der Waals surface area contributed by atoms with Gasteiger partial charge in [0.05, 0.1) is 12.2 Å². The second-order valence-corrected chi connectivity index (χ2v) is 5.44. The van der Waals surface area contributed by atoms with Gasteiger partial charge in [-0.2, -0.15) is 0 Å². The minimum absolute atomic E-state index is 0.719. The monoisotopic (exact) mass is 288 g/mol. The second-order valence-electron chi connectivity index (χ2n) is 4.49. The Balaban J connectivity index is 1.72. The van der Waals surface area contributed by atoms with Crippen molar-refractivity contribution in [2.75, 3.05) is 7.05 Å². The highest BCUT2D eigenvalue weighted by molar-refractivity contribution is 7.98. The zero-order valence-electron chi connectivity index (χ0n) is 11.4. The molecular formula is C13H16N6S. The van der Waals surface area contributed by atoms with E-state index in [0.29, 0.717) is 0 Å². The second kappa shape index (κ2) is 5.64. The van der Waals surface area contributed by atoms with E-state index in [1.54, 1.807) is 11.8 Å². The Morgan fingerprint density at radius 3 is 3.05 bits per heavy atom. The van der Waals surface area contributed by atoms with Crippen LogP contribution in [0.5, 0.6) is 0 Å². The van der Waals surface area contributed by atoms with Crippen LogP contribution in [0.2, 0.25) is 0 Å². The Kier molecular flexibility index (Phi) is 3.70. The number of nitrogens with one attached hydrogen (secondary N) is 2. The van der Waals surface area contributed by atoms with E-state index in [0.717, 1.165) is 40.0 Å². The number of thioether (sulfide) groups is 1. The van der Waals surface area contributed by atoms with Gasteiger partial charge in [0.1, 0.15) is 11.5 Å². The summed E-state index contributed by atoms with van der Waals surface area (Å²) in [6.45, 7) is 0.719. The summed E-state index contributed by atoms with van der Waals surface area (Å²) >= 11 is 1.64. The maximum absolute atomic E-state index is 4.58. The van der Waals surface area contributed by atoms with E-state index >= 15 is 0 Å². The number of hydrogen-bond acceptors (Lipinski definition) is 5. The van der Waals surface area contributed by atoms with Crippen molar-refractivity contribution in [3.8, 4) is 0 Å². The average molecular weight is 288 g/mol. The molecule has 0 saturated carbocycles. The SMILES string of the molecule is CNCc1nnc(SCc2ccc3cc[nH]c3n2)n1C. The van der Waals surface area contributed by atoms with Crippen molar-refractivity contribution in [2.45, 2.75) is 17.5 Å². The smallest absolute Gasteiger partial charge is 0.191 e. The fourth-order valence-corrected chi connectivity index (χ4v) is 2.81. The van der Waals surface area contributed by atoms with Gasteiger partial charge in [-0.3, -0.25) is 0 Å². The van der Waals surface area contributed by atoms with Gasteiger partial charge in [-0.25, -0.2) is 4.98 Å². The van der Waals surface area contributed by atoms with Crippen molar-refractivity contribution in [2.24, 2.45) is 7.05 Å². The number of hydrogen-bond donors (Lipinski definition) is 2. The van der Waals surface area contributed by atoms with Crippen molar-refractivity contribution in [1.82, 2.24) is 30.0 Å². The molecule has 0 aromatic carbocycles. The lowest BCUT2D eigenvalue weighted by Gasteiger charge is -2.03. The van der Waals surface area contributed by atoms with E-state index in [-0.39, 0.29) is 0 Å². The lowest BCUT2D eigenvalue weighted by atomic mass is 10.3. The molecule has 0 saturated heterocycles. The summed E-state index contributed by atoms with van der Waals surface area (Å²) in [7, 11) is 3.88. The number of pyridine rings is 1. The summed E-state index contributed by atoms with van der Waals surface area (Å²) < 4.78 is 2.01. The Labute approximate surface area is 121 Å². The van der Waals surface area contributed by atoms with Crippen LogP contribution >= 0.6 is 11.8 Å². The standard InChI is InChI=1S/C13H16N6S/c1-14-7-11-17-18-13(19(11)2)20-8-10-4-3-9-5-6-15-12(9)16-10/h3-6,14H,7-8H2,1-2H3,(H,15,16). The van der Waals surface area contributed by atoms with Crippen molar-refractivity contribution in [3.63, 3.8) is 0 Å². The van der Waals surface area contributed by atoms with E-state index in [9.17, 15) is 0 Å². The first-order valence-electron chi connectivity index (χ1n) is 6.36. The van der Waals surface area contributed by atoms with Crippen molar-refractivity contribution in [1.29, 1.82) is 0 Å². The summed E-state index contributed by atoms with van der Waals surface area (Å²) in [5.41, 5.74) is 1.96. The molecule has 0 aliphatic heterocycles. The van der Waals surface area contributed by atoms with Crippen molar-refractivity contribution in [3.05, 3.63) is 35.9 Å². The molecule has 0 fully saturated rings. The molecule has 3 aromatic rings. The molecule has 0 spiro atoms. The van der Waals surface area contributed by atoms with Crippen LogP contribution in [0.1, 0.15) is 11.5 Å². The molecule has 20 heavy (non-hydrogen) atoms. The fourth-order valence-electron chi connectivity index (χ4n) is 1.97. The van der Waals surface area contributed by atoms with Gasteiger partial charge in [0.2, 0.25) is 0 Å². The van der Waals surface area contributed by atoms with Crippen LogP contribution in [0.25, 0.3) is 11.0 Å². The van der Waals surface area contributed by atoms with Gasteiger partial charge < -0.3 is 14.9 Å². The van der Waals surface area contributed by atoms with Gasteiger partial charge in [-0.05, 0) is 25.2 Å². The van der Waals surface area contributed by atoms with Crippen molar-refractivity contribution >= 4 is 22.8 Å². The molecule has 0 aliphatic carbocycles. The normalized spacial score (nSPS) is 11.3. The number of aromatic amines is 1. The number of fused-ring (bicyclic) bond motifs is 1. The Morgan fingerprint density at radius 1 is 1.30 bits per heavy atom. The highest BCUT2D eigenvalue weighted by Gasteiger charge is 2.09. The zero-order chi connectivity index (χ0) is 13.9. The molecule has 7 heteroatoms. The van der Waals surface area contributed by atoms with Gasteiger partial charge in [0, 0.05) is 24.4 Å². The summed E-state index contributed by atoms with van der Waals surface area (Å²) in [6.07, 6.45) is 1.90. The van der Waals surface area contributed by atoms with Crippen LogP contribution in [-0.2, 0) is 19.3 Å². The third-order valence-electron chi connectivity index (χ3n) is 3.08. The maximum atomic E-state index is 4.58. The first-order chi connectivity index (χ1) is 9.78. The molecule has 3 aromatic heterocycles. The zero-order valence-corrected chi connectivity index (χ0v) is 12.2. The number of nitrogens with zero attached hydrogens (tertiary/aromatic N) is 4. The van der Waals surface area contributed by atoms with Gasteiger partial charge in [0.25, 0.3) is 0 Å². The molecule has 2 N–H and O–H groups in total. The molecule has 0 atom stereocenters. The molecule has 6 nitrogen and oxygen atoms in total. The Hall–Kier alpha value is -1.86. The molecule has 0 bridgehead atoms. The van der Waals surface area contributed by atoms with Crippen LogP contribution < -0.4 is 5.32 Å². The van der Waals surface area contributed by atoms with E-state index in [1.165, 1.54) is 0 Å². The lowest BCUT2D eigenvalue weighted by Crippen LogP contribution is -2.10. The van der Waals surface area contributed by atoms with Crippen LogP contribution in [0, 0.1) is 0 Å². The van der Waals surface area contributed by atoms with Crippen molar-refractivity contribution < 1.29 is 0 Å². The third kappa shape index (κ3) is 2.54. The summed E-state index contributed by atoms with van der Waals surface area (Å²) in [5.74, 6) is 1.71. The molecule has 0 amide bonds. The van der Waals surface area contributed by atoms with Gasteiger partial charge >= 0.3 is 0 Å². The first-order valence-corrected chi connectivity index (χ1v) is 7.35. The Bertz CT molecular complexity index is 717. The van der Waals surface area contributed by atoms with E-state index in [2.05, 4.69) is 31.5 Å². The summed E-state index contributed by atoms with van der Waals surface area (Å²) in [5, 5.41) is 13.5. The minimum atomic E-state index is 0.719. The molecule has 3 rings (SSSR count). The molecular weight excluding hydrogens is 272 g/mol. The van der Waals surface area contributed by atoms with E-state index in [1.807, 2.05) is 37.0 Å². The first kappa shape index (κ1) is 13.1. The van der Waals surface area contributed by atoms with Gasteiger partial charge in [-0.1, -0.05) is 11.8 Å². The Morgan fingerprint density at radius 2 is 2.20 bits per heavy atom. The van der Waals surface area contributed by atoms with Gasteiger partial charge in [-0.15, -0.1) is 10.2 Å². The number of rotatable bonds is 5. The van der Waals surface area contributed by atoms with Crippen LogP contribution in [-0.4, -0.2) is 31.8 Å². The highest BCUT2D eigenvalue weighted by Crippen LogP contribution is 2.21. The minimum Gasteiger partial charge on any atom is -0.346 e. The summed E-state index contributed by atoms with van der Waals surface area (Å²) in [6, 6.07) is 6.15. The third-order valence-corrected chi connectivity index (χ3v) is 4.13.